The Morgan fingerprint density at radius 1 is 0.262 bits per heavy atom. The summed E-state index contributed by atoms with van der Waals surface area (Å²) in [4.78, 5) is 2.48. The summed E-state index contributed by atoms with van der Waals surface area (Å²) in [7, 11) is 0. The molecule has 2 spiro atoms. The molecule has 2 aliphatic carbocycles. The number of fused-ring (bicyclic) bond motifs is 18. The largest absolute Gasteiger partial charge is 0.457 e. The van der Waals surface area contributed by atoms with Crippen molar-refractivity contribution in [2.45, 2.75) is 10.8 Å². The molecule has 0 aromatic heterocycles. The Labute approximate surface area is 378 Å². The number of hydrogen-bond acceptors (Lipinski definition) is 3. The van der Waals surface area contributed by atoms with Crippen LogP contribution in [0.15, 0.2) is 237 Å². The SMILES string of the molecule is c1ccc(-c2ccccc2N(c2ccc3c(c2)-c2ccccc2C32c3ccccc3Oc3ccccc32)c2ccc3c(c2)C2(c4ccccc4Oc4ccccc42)c2ccccc2-3)cc1. The maximum Gasteiger partial charge on any atom is 0.132 e. The summed E-state index contributed by atoms with van der Waals surface area (Å²) < 4.78 is 13.4. The third-order valence-corrected chi connectivity index (χ3v) is 14.4. The van der Waals surface area contributed by atoms with Crippen LogP contribution in [0.3, 0.4) is 0 Å². The molecule has 304 valence electrons. The Balaban J connectivity index is 1.05. The first-order valence-electron chi connectivity index (χ1n) is 22.4. The average molecular weight is 830 g/mol. The molecule has 10 aromatic carbocycles. The van der Waals surface area contributed by atoms with Crippen LogP contribution < -0.4 is 14.4 Å². The van der Waals surface area contributed by atoms with E-state index in [0.29, 0.717) is 0 Å². The van der Waals surface area contributed by atoms with E-state index in [2.05, 4.69) is 241 Å². The summed E-state index contributed by atoms with van der Waals surface area (Å²) in [6.45, 7) is 0. The van der Waals surface area contributed by atoms with Crippen LogP contribution in [0.25, 0.3) is 33.4 Å². The molecule has 3 heteroatoms. The monoisotopic (exact) mass is 829 g/mol. The van der Waals surface area contributed by atoms with Gasteiger partial charge >= 0.3 is 0 Å². The molecule has 0 saturated carbocycles. The molecule has 0 atom stereocenters. The van der Waals surface area contributed by atoms with Crippen molar-refractivity contribution in [3.8, 4) is 56.4 Å². The fourth-order valence-corrected chi connectivity index (χ4v) is 11.9. The van der Waals surface area contributed by atoms with E-state index < -0.39 is 10.8 Å². The summed E-state index contributed by atoms with van der Waals surface area (Å²) in [5.41, 5.74) is 18.9. The molecule has 3 nitrogen and oxygen atoms in total. The maximum atomic E-state index is 6.72. The van der Waals surface area contributed by atoms with E-state index in [1.54, 1.807) is 0 Å². The second-order valence-electron chi connectivity index (χ2n) is 17.5. The van der Waals surface area contributed by atoms with E-state index in [4.69, 9.17) is 9.47 Å². The molecule has 2 heterocycles. The van der Waals surface area contributed by atoms with Gasteiger partial charge < -0.3 is 14.4 Å². The summed E-state index contributed by atoms with van der Waals surface area (Å²) in [6.07, 6.45) is 0. The second-order valence-corrected chi connectivity index (χ2v) is 17.5. The molecular formula is C62H39NO2. The third-order valence-electron chi connectivity index (χ3n) is 14.4. The summed E-state index contributed by atoms with van der Waals surface area (Å²) in [5, 5.41) is 0. The zero-order valence-electron chi connectivity index (χ0n) is 35.3. The normalized spacial score (nSPS) is 14.3. The van der Waals surface area contributed by atoms with Crippen LogP contribution in [0.1, 0.15) is 44.5 Å². The molecule has 4 aliphatic rings. The first-order chi connectivity index (χ1) is 32.2. The van der Waals surface area contributed by atoms with Gasteiger partial charge in [0.25, 0.3) is 0 Å². The minimum Gasteiger partial charge on any atom is -0.457 e. The van der Waals surface area contributed by atoms with Gasteiger partial charge in [-0.05, 0) is 105 Å². The number of anilines is 3. The number of benzene rings is 10. The standard InChI is InChI=1S/C62H39NO2/c1-2-18-40(19-3-1)43-20-6-13-29-56(43)63(41-35-37-50-47(38-41)45-22-5-8-24-49(45)61(50)51-25-9-14-30-57(51)64-58-31-15-10-26-52(58)61)42-34-36-46-44-21-4-7-23-48(44)62(55(46)39-42)53-27-11-16-32-59(53)65-60-33-17-12-28-54(60)62/h1-39H. The van der Waals surface area contributed by atoms with Crippen LogP contribution >= 0.6 is 0 Å². The minimum atomic E-state index is -0.606. The first kappa shape index (κ1) is 36.1. The number of rotatable bonds is 4. The summed E-state index contributed by atoms with van der Waals surface area (Å²) in [5.74, 6) is 3.54. The van der Waals surface area contributed by atoms with E-state index in [1.807, 2.05) is 0 Å². The number of hydrogen-bond donors (Lipinski definition) is 0. The van der Waals surface area contributed by atoms with Gasteiger partial charge in [-0.3, -0.25) is 0 Å². The van der Waals surface area contributed by atoms with E-state index in [-0.39, 0.29) is 0 Å². The number of ether oxygens (including phenoxy) is 2. The lowest BCUT2D eigenvalue weighted by Gasteiger charge is -2.40. The molecule has 0 bridgehead atoms. The molecule has 0 N–H and O–H groups in total. The van der Waals surface area contributed by atoms with Crippen LogP contribution in [0.4, 0.5) is 17.1 Å². The Morgan fingerprint density at radius 2 is 0.646 bits per heavy atom. The van der Waals surface area contributed by atoms with Crippen LogP contribution in [0, 0.1) is 0 Å². The van der Waals surface area contributed by atoms with Crippen molar-refractivity contribution in [3.63, 3.8) is 0 Å². The molecule has 0 amide bonds. The van der Waals surface area contributed by atoms with Gasteiger partial charge in [0.05, 0.1) is 16.5 Å². The highest BCUT2D eigenvalue weighted by atomic mass is 16.5. The molecule has 0 radical (unpaired) electrons. The van der Waals surface area contributed by atoms with Crippen molar-refractivity contribution in [3.05, 3.63) is 281 Å². The smallest absolute Gasteiger partial charge is 0.132 e. The number of nitrogens with zero attached hydrogens (tertiary/aromatic N) is 1. The van der Waals surface area contributed by atoms with Gasteiger partial charge in [-0.1, -0.05) is 182 Å². The molecule has 0 fully saturated rings. The average Bonchev–Trinajstić information content (AvgIpc) is 3.82. The Hall–Kier alpha value is -8.40. The highest BCUT2D eigenvalue weighted by Gasteiger charge is 2.53. The molecular weight excluding hydrogens is 791 g/mol. The van der Waals surface area contributed by atoms with Gasteiger partial charge in [-0.2, -0.15) is 0 Å². The fourth-order valence-electron chi connectivity index (χ4n) is 11.9. The van der Waals surface area contributed by atoms with Gasteiger partial charge in [-0.15, -0.1) is 0 Å². The van der Waals surface area contributed by atoms with Gasteiger partial charge in [-0.25, -0.2) is 0 Å². The molecule has 0 unspecified atom stereocenters. The van der Waals surface area contributed by atoms with Gasteiger partial charge in [0.2, 0.25) is 0 Å². The number of para-hydroxylation sites is 5. The van der Waals surface area contributed by atoms with Crippen LogP contribution in [0.5, 0.6) is 23.0 Å². The highest BCUT2D eigenvalue weighted by Crippen LogP contribution is 2.65. The lowest BCUT2D eigenvalue weighted by molar-refractivity contribution is 0.436. The lowest BCUT2D eigenvalue weighted by Crippen LogP contribution is -2.32. The Bertz CT molecular complexity index is 3500. The van der Waals surface area contributed by atoms with Crippen molar-refractivity contribution in [1.82, 2.24) is 0 Å². The van der Waals surface area contributed by atoms with Crippen LogP contribution in [-0.2, 0) is 10.8 Å². The summed E-state index contributed by atoms with van der Waals surface area (Å²) >= 11 is 0. The van der Waals surface area contributed by atoms with Crippen molar-refractivity contribution in [2.75, 3.05) is 4.90 Å². The molecule has 0 saturated heterocycles. The van der Waals surface area contributed by atoms with E-state index >= 15 is 0 Å². The van der Waals surface area contributed by atoms with E-state index in [1.165, 1.54) is 44.5 Å². The van der Waals surface area contributed by atoms with Crippen molar-refractivity contribution in [1.29, 1.82) is 0 Å². The first-order valence-corrected chi connectivity index (χ1v) is 22.4. The zero-order valence-corrected chi connectivity index (χ0v) is 35.3. The maximum absolute atomic E-state index is 6.72. The van der Waals surface area contributed by atoms with Gasteiger partial charge in [0.1, 0.15) is 23.0 Å². The minimum absolute atomic E-state index is 0.557. The molecule has 10 aromatic rings. The fraction of sp³-hybridized carbons (Fsp3) is 0.0323. The highest BCUT2D eigenvalue weighted by molar-refractivity contribution is 5.96. The third kappa shape index (κ3) is 4.79. The molecule has 2 aliphatic heterocycles. The van der Waals surface area contributed by atoms with E-state index in [0.717, 1.165) is 73.4 Å². The Morgan fingerprint density at radius 3 is 1.22 bits per heavy atom. The zero-order chi connectivity index (χ0) is 42.7. The van der Waals surface area contributed by atoms with Crippen LogP contribution in [0.2, 0.25) is 0 Å². The van der Waals surface area contributed by atoms with Crippen LogP contribution in [-0.4, -0.2) is 0 Å². The molecule has 65 heavy (non-hydrogen) atoms. The quantitative estimate of drug-likeness (QED) is 0.176. The van der Waals surface area contributed by atoms with Gasteiger partial charge in [0.15, 0.2) is 0 Å². The topological polar surface area (TPSA) is 21.7 Å². The van der Waals surface area contributed by atoms with Crippen molar-refractivity contribution in [2.24, 2.45) is 0 Å². The Kier molecular flexibility index (Phi) is 7.53. The molecule has 14 rings (SSSR count). The van der Waals surface area contributed by atoms with Crippen molar-refractivity contribution < 1.29 is 9.47 Å². The predicted octanol–water partition coefficient (Wildman–Crippen LogP) is 15.8. The second kappa shape index (κ2) is 13.6. The summed E-state index contributed by atoms with van der Waals surface area (Å²) in [6, 6.07) is 86.2. The predicted molar refractivity (Wildman–Crippen MR) is 261 cm³/mol. The lowest BCUT2D eigenvalue weighted by atomic mass is 9.66. The van der Waals surface area contributed by atoms with E-state index in [9.17, 15) is 0 Å². The van der Waals surface area contributed by atoms with Gasteiger partial charge in [0, 0.05) is 39.2 Å². The van der Waals surface area contributed by atoms with Crippen molar-refractivity contribution >= 4 is 17.1 Å².